The van der Waals surface area contributed by atoms with Crippen LogP contribution in [0.15, 0.2) is 24.3 Å². The molecular weight excluding hydrogens is 627 g/mol. The SMILES string of the molecule is CCCCCCCC/C=C\CCCCCCCC(=O)C(OP(=O)(O)O)(C(=O)CCCCCCC/C=C\CCCCCCCC)C(O)CO. The van der Waals surface area contributed by atoms with E-state index in [0.717, 1.165) is 64.2 Å². The summed E-state index contributed by atoms with van der Waals surface area (Å²) in [5.41, 5.74) is -2.77. The molecule has 0 radical (unpaired) electrons. The summed E-state index contributed by atoms with van der Waals surface area (Å²) in [4.78, 5) is 45.8. The summed E-state index contributed by atoms with van der Waals surface area (Å²) in [6.07, 6.45) is 34.5. The molecule has 0 aliphatic rings. The first-order chi connectivity index (χ1) is 23.2. The van der Waals surface area contributed by atoms with Gasteiger partial charge in [-0.2, -0.15) is 0 Å². The van der Waals surface area contributed by atoms with Crippen molar-refractivity contribution in [3.05, 3.63) is 24.3 Å². The Morgan fingerprint density at radius 1 is 0.562 bits per heavy atom. The van der Waals surface area contributed by atoms with Crippen LogP contribution in [0.4, 0.5) is 0 Å². The van der Waals surface area contributed by atoms with Crippen molar-refractivity contribution < 1.29 is 38.7 Å². The van der Waals surface area contributed by atoms with Crippen LogP contribution in [-0.2, 0) is 18.7 Å². The summed E-state index contributed by atoms with van der Waals surface area (Å²) in [6.45, 7) is 3.43. The molecule has 0 saturated heterocycles. The Labute approximate surface area is 293 Å². The van der Waals surface area contributed by atoms with Crippen molar-refractivity contribution in [3.63, 3.8) is 0 Å². The number of phosphoric acid groups is 1. The van der Waals surface area contributed by atoms with Gasteiger partial charge in [0.25, 0.3) is 0 Å². The third-order valence-electron chi connectivity index (χ3n) is 9.06. The number of ketones is 2. The van der Waals surface area contributed by atoms with Gasteiger partial charge in [0.1, 0.15) is 6.10 Å². The first-order valence-electron chi connectivity index (χ1n) is 19.6. The van der Waals surface area contributed by atoms with Gasteiger partial charge in [0.05, 0.1) is 6.61 Å². The van der Waals surface area contributed by atoms with Crippen LogP contribution < -0.4 is 0 Å². The molecule has 48 heavy (non-hydrogen) atoms. The zero-order valence-electron chi connectivity index (χ0n) is 30.8. The third-order valence-corrected chi connectivity index (χ3v) is 9.59. The maximum Gasteiger partial charge on any atom is 0.471 e. The van der Waals surface area contributed by atoms with E-state index in [1.807, 2.05) is 0 Å². The lowest BCUT2D eigenvalue weighted by Gasteiger charge is -2.34. The summed E-state index contributed by atoms with van der Waals surface area (Å²) in [6, 6.07) is 0. The molecule has 0 aromatic rings. The van der Waals surface area contributed by atoms with Crippen molar-refractivity contribution in [3.8, 4) is 0 Å². The Morgan fingerprint density at radius 2 is 0.854 bits per heavy atom. The van der Waals surface area contributed by atoms with Crippen molar-refractivity contribution in [1.29, 1.82) is 0 Å². The minimum absolute atomic E-state index is 0.173. The monoisotopic (exact) mass is 701 g/mol. The molecule has 1 unspecified atom stereocenters. The first-order valence-corrected chi connectivity index (χ1v) is 21.1. The van der Waals surface area contributed by atoms with E-state index >= 15 is 0 Å². The Hall–Kier alpha value is -1.15. The average molecular weight is 701 g/mol. The quantitative estimate of drug-likeness (QED) is 0.0219. The smallest absolute Gasteiger partial charge is 0.394 e. The number of allylic oxidation sites excluding steroid dienone is 4. The van der Waals surface area contributed by atoms with Crippen LogP contribution in [0.2, 0.25) is 0 Å². The molecule has 0 saturated carbocycles. The fourth-order valence-corrected chi connectivity index (χ4v) is 6.79. The minimum atomic E-state index is -5.34. The molecule has 0 aromatic heterocycles. The maximum absolute atomic E-state index is 13.3. The number of unbranched alkanes of at least 4 members (excludes halogenated alkanes) is 22. The van der Waals surface area contributed by atoms with E-state index < -0.39 is 37.7 Å². The van der Waals surface area contributed by atoms with Gasteiger partial charge in [-0.1, -0.05) is 141 Å². The van der Waals surface area contributed by atoms with Gasteiger partial charge in [-0.3, -0.25) is 14.1 Å². The highest BCUT2D eigenvalue weighted by Gasteiger charge is 2.55. The van der Waals surface area contributed by atoms with E-state index in [9.17, 15) is 34.2 Å². The topological polar surface area (TPSA) is 141 Å². The molecule has 0 spiro atoms. The van der Waals surface area contributed by atoms with E-state index in [-0.39, 0.29) is 12.8 Å². The maximum atomic E-state index is 13.3. The van der Waals surface area contributed by atoms with Gasteiger partial charge in [0.15, 0.2) is 11.6 Å². The molecule has 0 aromatic carbocycles. The predicted molar refractivity (Wildman–Crippen MR) is 198 cm³/mol. The molecule has 0 fully saturated rings. The highest BCUT2D eigenvalue weighted by molar-refractivity contribution is 7.46. The summed E-state index contributed by atoms with van der Waals surface area (Å²) in [5.74, 6) is -1.77. The Morgan fingerprint density at radius 3 is 1.15 bits per heavy atom. The van der Waals surface area contributed by atoms with Gasteiger partial charge in [-0.05, 0) is 64.2 Å². The molecule has 282 valence electrons. The Bertz CT molecular complexity index is 829. The second-order valence-corrected chi connectivity index (χ2v) is 14.7. The lowest BCUT2D eigenvalue weighted by Crippen LogP contribution is -2.58. The van der Waals surface area contributed by atoms with Crippen LogP contribution in [-0.4, -0.2) is 49.9 Å². The number of hydrogen-bond acceptors (Lipinski definition) is 6. The van der Waals surface area contributed by atoms with Crippen LogP contribution in [0.5, 0.6) is 0 Å². The summed E-state index contributed by atoms with van der Waals surface area (Å²) in [7, 11) is -5.34. The van der Waals surface area contributed by atoms with Gasteiger partial charge in [-0.25, -0.2) is 4.57 Å². The second kappa shape index (κ2) is 31.8. The van der Waals surface area contributed by atoms with Crippen molar-refractivity contribution in [2.75, 3.05) is 6.61 Å². The van der Waals surface area contributed by atoms with Crippen LogP contribution in [0, 0.1) is 0 Å². The van der Waals surface area contributed by atoms with E-state index in [2.05, 4.69) is 38.2 Å². The Balaban J connectivity index is 4.52. The van der Waals surface area contributed by atoms with E-state index in [0.29, 0.717) is 25.7 Å². The molecule has 0 bridgehead atoms. The number of rotatable bonds is 36. The van der Waals surface area contributed by atoms with Crippen molar-refractivity contribution in [2.45, 2.75) is 205 Å². The van der Waals surface area contributed by atoms with Crippen molar-refractivity contribution in [2.24, 2.45) is 0 Å². The third kappa shape index (κ3) is 24.9. The van der Waals surface area contributed by atoms with Gasteiger partial charge >= 0.3 is 7.82 Å². The molecule has 0 heterocycles. The number of aliphatic hydroxyl groups is 2. The van der Waals surface area contributed by atoms with Gasteiger partial charge in [-0.15, -0.1) is 0 Å². The number of hydrogen-bond donors (Lipinski definition) is 4. The largest absolute Gasteiger partial charge is 0.471 e. The molecule has 1 atom stereocenters. The van der Waals surface area contributed by atoms with Crippen LogP contribution in [0.25, 0.3) is 0 Å². The zero-order chi connectivity index (χ0) is 35.8. The highest BCUT2D eigenvalue weighted by atomic mass is 31.2. The first kappa shape index (κ1) is 46.9. The van der Waals surface area contributed by atoms with Crippen molar-refractivity contribution >= 4 is 19.4 Å². The number of phosphoric ester groups is 1. The lowest BCUT2D eigenvalue weighted by molar-refractivity contribution is -0.164. The summed E-state index contributed by atoms with van der Waals surface area (Å²) < 4.78 is 16.7. The predicted octanol–water partition coefficient (Wildman–Crippen LogP) is 10.4. The standard InChI is InChI=1S/C39H73O8P/c1-3-5-7-9-11-13-15-17-19-21-23-25-27-29-31-33-36(41)39(38(43)35-40,47-48(44,45)46)37(42)34-32-30-28-26-24-22-20-18-16-14-12-10-8-6-4-2/h17-20,38,40,43H,3-16,21-35H2,1-2H3,(H2,44,45,46)/b19-17-,20-18-. The van der Waals surface area contributed by atoms with Gasteiger partial charge in [0.2, 0.25) is 5.60 Å². The van der Waals surface area contributed by atoms with E-state index in [1.165, 1.54) is 77.0 Å². The van der Waals surface area contributed by atoms with Gasteiger partial charge in [0, 0.05) is 12.8 Å². The Kier molecular flexibility index (Phi) is 31.0. The molecule has 0 rings (SSSR count). The molecule has 0 aliphatic heterocycles. The van der Waals surface area contributed by atoms with Crippen LogP contribution >= 0.6 is 7.82 Å². The van der Waals surface area contributed by atoms with Gasteiger partial charge < -0.3 is 20.0 Å². The van der Waals surface area contributed by atoms with Crippen molar-refractivity contribution in [1.82, 2.24) is 0 Å². The van der Waals surface area contributed by atoms with Crippen LogP contribution in [0.1, 0.15) is 194 Å². The normalized spacial score (nSPS) is 13.2. The highest BCUT2D eigenvalue weighted by Crippen LogP contribution is 2.44. The fraction of sp³-hybridized carbons (Fsp3) is 0.846. The number of carbonyl (C=O) groups excluding carboxylic acids is 2. The number of carbonyl (C=O) groups is 2. The van der Waals surface area contributed by atoms with E-state index in [4.69, 9.17) is 4.52 Å². The second-order valence-electron chi connectivity index (χ2n) is 13.5. The molecule has 0 aliphatic carbocycles. The number of aliphatic hydroxyl groups excluding tert-OH is 2. The minimum Gasteiger partial charge on any atom is -0.394 e. The zero-order valence-corrected chi connectivity index (χ0v) is 31.7. The molecule has 4 N–H and O–H groups in total. The van der Waals surface area contributed by atoms with E-state index in [1.54, 1.807) is 0 Å². The summed E-state index contributed by atoms with van der Waals surface area (Å²) in [5, 5.41) is 20.2. The molecular formula is C39H73O8P. The fourth-order valence-electron chi connectivity index (χ4n) is 6.09. The molecule has 8 nitrogen and oxygen atoms in total. The summed E-state index contributed by atoms with van der Waals surface area (Å²) >= 11 is 0. The number of Topliss-reactive ketones (excluding diaryl/α,β-unsaturated/α-hetero) is 2. The molecule has 0 amide bonds. The average Bonchev–Trinajstić information content (AvgIpc) is 3.06. The van der Waals surface area contributed by atoms with Crippen LogP contribution in [0.3, 0.4) is 0 Å². The molecule has 9 heteroatoms. The lowest BCUT2D eigenvalue weighted by atomic mass is 9.82.